The number of pyridine rings is 1. The SMILES string of the molecule is C=C(C)N=C(/C=C(\C)N(C)C(C)CC)OCc1ccc(Oc2ccc(C(F)(F)F)nc2)c(F)c1. The summed E-state index contributed by atoms with van der Waals surface area (Å²) in [6.07, 6.45) is -0.891. The fourth-order valence-electron chi connectivity index (χ4n) is 2.81. The second-order valence-electron chi connectivity index (χ2n) is 7.87. The lowest BCUT2D eigenvalue weighted by molar-refractivity contribution is -0.141. The van der Waals surface area contributed by atoms with Gasteiger partial charge in [0.1, 0.15) is 18.1 Å². The average molecular weight is 480 g/mol. The van der Waals surface area contributed by atoms with Crippen molar-refractivity contribution in [2.45, 2.75) is 52.9 Å². The predicted molar refractivity (Wildman–Crippen MR) is 124 cm³/mol. The summed E-state index contributed by atoms with van der Waals surface area (Å²) in [5.41, 5.74) is 0.977. The quantitative estimate of drug-likeness (QED) is 0.218. The van der Waals surface area contributed by atoms with E-state index in [4.69, 9.17) is 9.47 Å². The standard InChI is InChI=1S/C25H29F4N3O2/c1-7-17(4)32(6)18(5)12-24(31-16(2)3)33-15-19-8-10-22(21(26)13-19)34-20-9-11-23(30-14-20)25(27,28)29/h8-14,17H,2,7,15H2,1,3-6H3/b18-12+,31-24?. The zero-order valence-corrected chi connectivity index (χ0v) is 19.9. The molecule has 1 heterocycles. The van der Waals surface area contributed by atoms with Crippen LogP contribution in [0.3, 0.4) is 0 Å². The third-order valence-corrected chi connectivity index (χ3v) is 5.08. The summed E-state index contributed by atoms with van der Waals surface area (Å²) in [4.78, 5) is 9.72. The monoisotopic (exact) mass is 479 g/mol. The molecule has 0 aliphatic carbocycles. The molecule has 2 rings (SSSR count). The molecule has 1 aromatic heterocycles. The Morgan fingerprint density at radius 2 is 1.94 bits per heavy atom. The largest absolute Gasteiger partial charge is 0.473 e. The molecule has 0 spiro atoms. The zero-order chi connectivity index (χ0) is 25.5. The number of rotatable bonds is 9. The van der Waals surface area contributed by atoms with Crippen LogP contribution in [0, 0.1) is 5.82 Å². The van der Waals surface area contributed by atoms with Gasteiger partial charge in [-0.3, -0.25) is 0 Å². The summed E-state index contributed by atoms with van der Waals surface area (Å²) in [5.74, 6) is -0.510. The summed E-state index contributed by atoms with van der Waals surface area (Å²) in [6.45, 7) is 11.7. The zero-order valence-electron chi connectivity index (χ0n) is 19.9. The van der Waals surface area contributed by atoms with Crippen LogP contribution in [0.2, 0.25) is 0 Å². The average Bonchev–Trinajstić information content (AvgIpc) is 2.77. The Hall–Kier alpha value is -3.36. The van der Waals surface area contributed by atoms with Gasteiger partial charge in [-0.1, -0.05) is 19.6 Å². The second kappa shape index (κ2) is 11.7. The molecule has 0 saturated carbocycles. The molecule has 0 bridgehead atoms. The van der Waals surface area contributed by atoms with Crippen LogP contribution < -0.4 is 4.74 Å². The molecule has 0 radical (unpaired) electrons. The maximum absolute atomic E-state index is 14.5. The van der Waals surface area contributed by atoms with Gasteiger partial charge < -0.3 is 14.4 Å². The van der Waals surface area contributed by atoms with Crippen molar-refractivity contribution in [1.82, 2.24) is 9.88 Å². The van der Waals surface area contributed by atoms with Gasteiger partial charge in [-0.05, 0) is 57.0 Å². The van der Waals surface area contributed by atoms with Crippen LogP contribution in [0.1, 0.15) is 45.4 Å². The predicted octanol–water partition coefficient (Wildman–Crippen LogP) is 7.11. The van der Waals surface area contributed by atoms with E-state index in [1.54, 1.807) is 19.1 Å². The summed E-state index contributed by atoms with van der Waals surface area (Å²) >= 11 is 0. The molecular formula is C25H29F4N3O2. The Bertz CT molecular complexity index is 1050. The number of hydrogen-bond donors (Lipinski definition) is 0. The molecule has 34 heavy (non-hydrogen) atoms. The van der Waals surface area contributed by atoms with Gasteiger partial charge in [-0.25, -0.2) is 14.4 Å². The van der Waals surface area contributed by atoms with Crippen LogP contribution in [-0.2, 0) is 17.5 Å². The van der Waals surface area contributed by atoms with Crippen molar-refractivity contribution in [3.05, 3.63) is 77.7 Å². The highest BCUT2D eigenvalue weighted by molar-refractivity contribution is 5.89. The number of aromatic nitrogens is 1. The van der Waals surface area contributed by atoms with Crippen molar-refractivity contribution >= 4 is 5.90 Å². The van der Waals surface area contributed by atoms with Crippen LogP contribution >= 0.6 is 0 Å². The third kappa shape index (κ3) is 7.90. The fourth-order valence-corrected chi connectivity index (χ4v) is 2.81. The molecule has 0 aliphatic heterocycles. The van der Waals surface area contributed by atoms with Crippen LogP contribution in [-0.4, -0.2) is 28.9 Å². The van der Waals surface area contributed by atoms with E-state index in [1.165, 1.54) is 12.1 Å². The fraction of sp³-hybridized carbons (Fsp3) is 0.360. The van der Waals surface area contributed by atoms with Crippen molar-refractivity contribution in [3.63, 3.8) is 0 Å². The lowest BCUT2D eigenvalue weighted by Crippen LogP contribution is -2.27. The van der Waals surface area contributed by atoms with Crippen molar-refractivity contribution in [2.75, 3.05) is 7.05 Å². The number of hydrogen-bond acceptors (Lipinski definition) is 5. The van der Waals surface area contributed by atoms with Crippen molar-refractivity contribution in [2.24, 2.45) is 4.99 Å². The lowest BCUT2D eigenvalue weighted by Gasteiger charge is -2.26. The number of allylic oxidation sites excluding steroid dienone is 2. The first-order valence-electron chi connectivity index (χ1n) is 10.7. The van der Waals surface area contributed by atoms with Crippen LogP contribution in [0.5, 0.6) is 11.5 Å². The summed E-state index contributed by atoms with van der Waals surface area (Å²) in [5, 5.41) is 0. The second-order valence-corrected chi connectivity index (χ2v) is 7.87. The van der Waals surface area contributed by atoms with Crippen molar-refractivity contribution in [3.8, 4) is 11.5 Å². The topological polar surface area (TPSA) is 47.0 Å². The first-order chi connectivity index (χ1) is 15.9. The molecule has 9 heteroatoms. The van der Waals surface area contributed by atoms with Gasteiger partial charge in [-0.15, -0.1) is 0 Å². The first kappa shape index (κ1) is 26.9. The van der Waals surface area contributed by atoms with Gasteiger partial charge in [0, 0.05) is 30.6 Å². The number of ether oxygens (including phenoxy) is 2. The molecule has 0 N–H and O–H groups in total. The lowest BCUT2D eigenvalue weighted by atomic mass is 10.2. The maximum Gasteiger partial charge on any atom is 0.433 e. The molecule has 184 valence electrons. The van der Waals surface area contributed by atoms with Crippen molar-refractivity contribution in [1.29, 1.82) is 0 Å². The molecule has 0 amide bonds. The minimum atomic E-state index is -4.56. The molecule has 0 aliphatic rings. The van der Waals surface area contributed by atoms with E-state index < -0.39 is 17.7 Å². The molecule has 0 saturated heterocycles. The van der Waals surface area contributed by atoms with E-state index in [0.29, 0.717) is 23.2 Å². The summed E-state index contributed by atoms with van der Waals surface area (Å²) in [6, 6.07) is 6.38. The van der Waals surface area contributed by atoms with E-state index >= 15 is 0 Å². The number of aliphatic imine (C=N–C) groups is 1. The van der Waals surface area contributed by atoms with E-state index in [9.17, 15) is 17.6 Å². The minimum absolute atomic E-state index is 0.0159. The Kier molecular flexibility index (Phi) is 9.23. The van der Waals surface area contributed by atoms with Gasteiger partial charge in [-0.2, -0.15) is 13.2 Å². The number of halogens is 4. The number of nitrogens with zero attached hydrogens (tertiary/aromatic N) is 3. The normalized spacial score (nSPS) is 13.4. The van der Waals surface area contributed by atoms with Gasteiger partial charge in [0.25, 0.3) is 0 Å². The van der Waals surface area contributed by atoms with Gasteiger partial charge in [0.05, 0.1) is 6.20 Å². The summed E-state index contributed by atoms with van der Waals surface area (Å²) in [7, 11) is 1.98. The Labute approximate surface area is 197 Å². The van der Waals surface area contributed by atoms with Crippen LogP contribution in [0.4, 0.5) is 17.6 Å². The van der Waals surface area contributed by atoms with E-state index in [-0.39, 0.29) is 18.1 Å². The highest BCUT2D eigenvalue weighted by atomic mass is 19.4. The molecule has 1 atom stereocenters. The smallest absolute Gasteiger partial charge is 0.433 e. The maximum atomic E-state index is 14.5. The van der Waals surface area contributed by atoms with Crippen LogP contribution in [0.15, 0.2) is 65.6 Å². The van der Waals surface area contributed by atoms with Gasteiger partial charge >= 0.3 is 6.18 Å². The van der Waals surface area contributed by atoms with Gasteiger partial charge in [0.15, 0.2) is 11.6 Å². The molecule has 5 nitrogen and oxygen atoms in total. The highest BCUT2D eigenvalue weighted by Crippen LogP contribution is 2.30. The highest BCUT2D eigenvalue weighted by Gasteiger charge is 2.32. The minimum Gasteiger partial charge on any atom is -0.473 e. The molecule has 0 fully saturated rings. The van der Waals surface area contributed by atoms with E-state index in [2.05, 4.69) is 35.3 Å². The van der Waals surface area contributed by atoms with Crippen molar-refractivity contribution < 1.29 is 27.0 Å². The Morgan fingerprint density at radius 1 is 1.24 bits per heavy atom. The van der Waals surface area contributed by atoms with Crippen LogP contribution in [0.25, 0.3) is 0 Å². The number of alkyl halides is 3. The number of benzene rings is 1. The van der Waals surface area contributed by atoms with E-state index in [0.717, 1.165) is 30.4 Å². The Morgan fingerprint density at radius 3 is 2.47 bits per heavy atom. The van der Waals surface area contributed by atoms with Gasteiger partial charge in [0.2, 0.25) is 5.90 Å². The molecule has 1 unspecified atom stereocenters. The molecular weight excluding hydrogens is 450 g/mol. The molecule has 2 aromatic rings. The Balaban J connectivity index is 2.10. The third-order valence-electron chi connectivity index (χ3n) is 5.08. The molecule has 1 aromatic carbocycles. The first-order valence-corrected chi connectivity index (χ1v) is 10.7. The van der Waals surface area contributed by atoms with E-state index in [1.807, 2.05) is 14.0 Å². The summed E-state index contributed by atoms with van der Waals surface area (Å²) < 4.78 is 63.5.